The van der Waals surface area contributed by atoms with Gasteiger partial charge in [0.05, 0.1) is 25.0 Å². The Balaban J connectivity index is 1.41. The number of allylic oxidation sites excluding steroid dienone is 2. The molecule has 2 heterocycles. The molecule has 4 rings (SSSR count). The number of nitrogens with one attached hydrogen (secondary N) is 2. The Labute approximate surface area is 245 Å². The fourth-order valence-corrected chi connectivity index (χ4v) is 7.78. The first-order valence-electron chi connectivity index (χ1n) is 14.2. The first kappa shape index (κ1) is 30.5. The van der Waals surface area contributed by atoms with Crippen LogP contribution in [0.1, 0.15) is 61.5 Å². The highest BCUT2D eigenvalue weighted by Gasteiger charge is 2.38. The predicted molar refractivity (Wildman–Crippen MR) is 170 cm³/mol. The van der Waals surface area contributed by atoms with Gasteiger partial charge in [-0.25, -0.2) is 0 Å². The number of hydrogen-bond donors (Lipinski definition) is 3. The van der Waals surface area contributed by atoms with Gasteiger partial charge in [-0.3, -0.25) is 15.1 Å². The summed E-state index contributed by atoms with van der Waals surface area (Å²) in [6.07, 6.45) is 7.40. The van der Waals surface area contributed by atoms with Gasteiger partial charge >= 0.3 is 0 Å². The minimum atomic E-state index is -0.315. The minimum Gasteiger partial charge on any atom is -0.398 e. The van der Waals surface area contributed by atoms with Gasteiger partial charge in [0.15, 0.2) is 0 Å². The number of ether oxygens (including phenoxy) is 1. The second-order valence-electron chi connectivity index (χ2n) is 10.6. The molecule has 6 nitrogen and oxygen atoms in total. The van der Waals surface area contributed by atoms with E-state index in [1.54, 1.807) is 24.3 Å². The number of halogens is 1. The summed E-state index contributed by atoms with van der Waals surface area (Å²) >= 11 is 6.22. The van der Waals surface area contributed by atoms with Crippen LogP contribution in [0.5, 0.6) is 0 Å². The first-order valence-corrected chi connectivity index (χ1v) is 16.4. The molecule has 3 atom stereocenters. The molecule has 2 saturated heterocycles. The van der Waals surface area contributed by atoms with E-state index in [4.69, 9.17) is 27.5 Å². The molecular weight excluding hydrogens is 539 g/mol. The van der Waals surface area contributed by atoms with Crippen LogP contribution in [-0.2, 0) is 4.74 Å². The zero-order valence-corrected chi connectivity index (χ0v) is 25.7. The van der Waals surface area contributed by atoms with Crippen molar-refractivity contribution >= 4 is 42.1 Å². The standard InChI is InChI=1S/C32H42ClN4O2P/c1-5-21(29(33)7-3)18-36-32(38)23-10-13-30(34)28(16-23)31(35)22-8-11-27(12-9-22)40(4)26(6-2)17-24-14-15-37(24)25-19-39-20-25/h5,7-13,16,24-26,35H,6,14-15,17-20,34H2,1-4H3,(H,36,38)/b21-5-,29-7+,35-31?. The number of likely N-dealkylation sites (tertiary alicyclic amines) is 1. The normalized spacial score (nSPS) is 19.9. The van der Waals surface area contributed by atoms with Gasteiger partial charge in [-0.1, -0.05) is 62.9 Å². The van der Waals surface area contributed by atoms with E-state index in [-0.39, 0.29) is 13.8 Å². The van der Waals surface area contributed by atoms with Gasteiger partial charge in [-0.15, -0.1) is 0 Å². The third-order valence-corrected chi connectivity index (χ3v) is 11.6. The van der Waals surface area contributed by atoms with Crippen molar-refractivity contribution in [2.75, 3.05) is 38.7 Å². The highest BCUT2D eigenvalue weighted by Crippen LogP contribution is 2.43. The number of nitrogens with two attached hydrogens (primary N) is 1. The lowest BCUT2D eigenvalue weighted by molar-refractivity contribution is -0.110. The molecule has 2 fully saturated rings. The molecule has 2 aromatic rings. The topological polar surface area (TPSA) is 91.4 Å². The van der Waals surface area contributed by atoms with E-state index in [1.165, 1.54) is 31.1 Å². The second-order valence-corrected chi connectivity index (χ2v) is 13.5. The minimum absolute atomic E-state index is 0.235. The maximum atomic E-state index is 12.9. The Kier molecular flexibility index (Phi) is 10.6. The number of anilines is 1. The lowest BCUT2D eigenvalue weighted by Gasteiger charge is -2.50. The van der Waals surface area contributed by atoms with Crippen LogP contribution >= 0.6 is 19.5 Å². The molecule has 2 aliphatic rings. The molecule has 40 heavy (non-hydrogen) atoms. The summed E-state index contributed by atoms with van der Waals surface area (Å²) in [5.74, 6) is -0.235. The van der Waals surface area contributed by atoms with Crippen LogP contribution in [0.25, 0.3) is 0 Å². The van der Waals surface area contributed by atoms with Crippen LogP contribution in [0.15, 0.2) is 65.2 Å². The number of amides is 1. The van der Waals surface area contributed by atoms with E-state index in [0.29, 0.717) is 51.8 Å². The van der Waals surface area contributed by atoms with Crippen molar-refractivity contribution < 1.29 is 9.53 Å². The third-order valence-electron chi connectivity index (χ3n) is 8.34. The summed E-state index contributed by atoms with van der Waals surface area (Å²) < 4.78 is 5.42. The number of rotatable bonds is 12. The van der Waals surface area contributed by atoms with Gasteiger partial charge in [0, 0.05) is 46.5 Å². The maximum absolute atomic E-state index is 12.9. The molecule has 0 saturated carbocycles. The molecule has 0 aromatic heterocycles. The fraction of sp³-hybridized carbons (Fsp3) is 0.438. The third kappa shape index (κ3) is 6.86. The average Bonchev–Trinajstić information content (AvgIpc) is 2.94. The number of hydrogen-bond acceptors (Lipinski definition) is 5. The van der Waals surface area contributed by atoms with Crippen LogP contribution in [0.4, 0.5) is 5.69 Å². The van der Waals surface area contributed by atoms with Crippen LogP contribution in [0, 0.1) is 5.41 Å². The monoisotopic (exact) mass is 580 g/mol. The largest absolute Gasteiger partial charge is 0.398 e. The van der Waals surface area contributed by atoms with Crippen molar-refractivity contribution in [2.45, 2.75) is 57.8 Å². The van der Waals surface area contributed by atoms with E-state index in [0.717, 1.165) is 24.4 Å². The van der Waals surface area contributed by atoms with Gasteiger partial charge in [0.25, 0.3) is 5.91 Å². The quantitative estimate of drug-likeness (QED) is 0.126. The highest BCUT2D eigenvalue weighted by molar-refractivity contribution is 7.65. The summed E-state index contributed by atoms with van der Waals surface area (Å²) in [6, 6.07) is 14.8. The van der Waals surface area contributed by atoms with Crippen LogP contribution in [0.2, 0.25) is 0 Å². The van der Waals surface area contributed by atoms with Gasteiger partial charge in [0.2, 0.25) is 0 Å². The number of nitrogens with zero attached hydrogens (tertiary/aromatic N) is 1. The Bertz CT molecular complexity index is 1270. The van der Waals surface area contributed by atoms with E-state index in [9.17, 15) is 4.79 Å². The summed E-state index contributed by atoms with van der Waals surface area (Å²) in [5.41, 5.74) is 10.4. The number of carbonyl (C=O) groups excluding carboxylic acids is 1. The Morgan fingerprint density at radius 1 is 1.20 bits per heavy atom. The first-order chi connectivity index (χ1) is 19.3. The van der Waals surface area contributed by atoms with Crippen LogP contribution < -0.4 is 16.4 Å². The maximum Gasteiger partial charge on any atom is 0.251 e. The van der Waals surface area contributed by atoms with Crippen molar-refractivity contribution in [3.05, 3.63) is 81.9 Å². The Morgan fingerprint density at radius 3 is 2.45 bits per heavy atom. The molecule has 4 N–H and O–H groups in total. The van der Waals surface area contributed by atoms with E-state index in [2.05, 4.69) is 35.9 Å². The molecule has 3 unspecified atom stereocenters. The predicted octanol–water partition coefficient (Wildman–Crippen LogP) is 5.88. The highest BCUT2D eigenvalue weighted by atomic mass is 35.5. The van der Waals surface area contributed by atoms with E-state index < -0.39 is 0 Å². The van der Waals surface area contributed by atoms with Crippen molar-refractivity contribution in [1.82, 2.24) is 10.2 Å². The average molecular weight is 581 g/mol. The van der Waals surface area contributed by atoms with Crippen LogP contribution in [-0.4, -0.2) is 67.2 Å². The van der Waals surface area contributed by atoms with Crippen molar-refractivity contribution in [1.29, 1.82) is 5.41 Å². The van der Waals surface area contributed by atoms with Crippen molar-refractivity contribution in [2.24, 2.45) is 0 Å². The number of benzene rings is 2. The lowest BCUT2D eigenvalue weighted by atomic mass is 9.94. The zero-order valence-electron chi connectivity index (χ0n) is 24.0. The molecule has 0 radical (unpaired) electrons. The van der Waals surface area contributed by atoms with Gasteiger partial charge < -0.3 is 15.8 Å². The van der Waals surface area contributed by atoms with E-state index >= 15 is 0 Å². The van der Waals surface area contributed by atoms with Gasteiger partial charge in [-0.05, 0) is 74.5 Å². The molecule has 2 aromatic carbocycles. The molecule has 1 amide bonds. The van der Waals surface area contributed by atoms with Gasteiger partial charge in [-0.2, -0.15) is 0 Å². The second kappa shape index (κ2) is 13.9. The SMILES string of the molecule is C/C=C(CNC(=O)c1ccc(N)c(C(=N)c2ccc(P(C)C(CC)CC3CCN3C3COC3)cc2)c1)\C(Cl)=C/C. The number of nitrogen functional groups attached to an aromatic ring is 1. The van der Waals surface area contributed by atoms with Crippen molar-refractivity contribution in [3.63, 3.8) is 0 Å². The molecule has 0 bridgehead atoms. The Morgan fingerprint density at radius 2 is 1.90 bits per heavy atom. The molecule has 8 heteroatoms. The van der Waals surface area contributed by atoms with Crippen LogP contribution in [0.3, 0.4) is 0 Å². The molecule has 0 aliphatic carbocycles. The summed E-state index contributed by atoms with van der Waals surface area (Å²) in [5, 5.41) is 13.8. The number of carbonyl (C=O) groups is 1. The van der Waals surface area contributed by atoms with Crippen molar-refractivity contribution in [3.8, 4) is 0 Å². The molecule has 214 valence electrons. The molecule has 2 aliphatic heterocycles. The smallest absolute Gasteiger partial charge is 0.251 e. The molecule has 0 spiro atoms. The summed E-state index contributed by atoms with van der Waals surface area (Å²) in [6.45, 7) is 11.8. The zero-order chi connectivity index (χ0) is 28.8. The van der Waals surface area contributed by atoms with E-state index in [1.807, 2.05) is 32.1 Å². The van der Waals surface area contributed by atoms with Gasteiger partial charge in [0.1, 0.15) is 0 Å². The summed E-state index contributed by atoms with van der Waals surface area (Å²) in [4.78, 5) is 15.5. The summed E-state index contributed by atoms with van der Waals surface area (Å²) in [7, 11) is -0.315. The molecular formula is C32H42ClN4O2P. The fourth-order valence-electron chi connectivity index (χ4n) is 5.45. The lowest BCUT2D eigenvalue weighted by Crippen LogP contribution is -2.60. The Hall–Kier alpha value is -2.50.